The highest BCUT2D eigenvalue weighted by molar-refractivity contribution is 6.22. The maximum atomic E-state index is 6.16. The van der Waals surface area contributed by atoms with E-state index in [1.165, 1.54) is 65.3 Å². The summed E-state index contributed by atoms with van der Waals surface area (Å²) in [5.41, 5.74) is 7.04. The molecule has 0 amide bonds. The molecule has 1 heteroatoms. The quantitative estimate of drug-likeness (QED) is 0.201. The van der Waals surface area contributed by atoms with Gasteiger partial charge in [0.2, 0.25) is 0 Å². The monoisotopic (exact) mass is 546 g/mol. The van der Waals surface area contributed by atoms with Crippen LogP contribution in [0.15, 0.2) is 162 Å². The van der Waals surface area contributed by atoms with Gasteiger partial charge in [-0.2, -0.15) is 0 Å². The third-order valence-electron chi connectivity index (χ3n) is 8.81. The highest BCUT2D eigenvalue weighted by Gasteiger charge is 2.17. The fourth-order valence-electron chi connectivity index (χ4n) is 6.77. The van der Waals surface area contributed by atoms with Gasteiger partial charge in [-0.15, -0.1) is 0 Å². The number of benzene rings is 8. The van der Waals surface area contributed by atoms with E-state index in [0.29, 0.717) is 0 Å². The molecule has 0 unspecified atom stereocenters. The Bertz CT molecular complexity index is 2420. The minimum absolute atomic E-state index is 0.897. The lowest BCUT2D eigenvalue weighted by Gasteiger charge is -2.18. The third-order valence-corrected chi connectivity index (χ3v) is 8.81. The first-order valence-electron chi connectivity index (χ1n) is 14.8. The second-order valence-corrected chi connectivity index (χ2v) is 11.3. The summed E-state index contributed by atoms with van der Waals surface area (Å²) in [6.45, 7) is 0. The van der Waals surface area contributed by atoms with Crippen LogP contribution in [0.3, 0.4) is 0 Å². The van der Waals surface area contributed by atoms with E-state index in [4.69, 9.17) is 4.42 Å². The Labute approximate surface area is 249 Å². The first kappa shape index (κ1) is 24.0. The lowest BCUT2D eigenvalue weighted by Crippen LogP contribution is -1.91. The van der Waals surface area contributed by atoms with E-state index < -0.39 is 0 Å². The van der Waals surface area contributed by atoms with Gasteiger partial charge >= 0.3 is 0 Å². The molecule has 0 aliphatic heterocycles. The topological polar surface area (TPSA) is 13.1 Å². The molecule has 43 heavy (non-hydrogen) atoms. The fraction of sp³-hybridized carbons (Fsp3) is 0. The van der Waals surface area contributed by atoms with Gasteiger partial charge in [0.05, 0.1) is 0 Å². The van der Waals surface area contributed by atoms with Crippen molar-refractivity contribution in [1.29, 1.82) is 0 Å². The smallest absolute Gasteiger partial charge is 0.135 e. The van der Waals surface area contributed by atoms with Crippen molar-refractivity contribution in [3.05, 3.63) is 158 Å². The van der Waals surface area contributed by atoms with E-state index in [9.17, 15) is 0 Å². The molecule has 0 atom stereocenters. The molecule has 0 spiro atoms. The Morgan fingerprint density at radius 1 is 0.302 bits per heavy atom. The molecule has 0 aliphatic rings. The molecule has 0 fully saturated rings. The van der Waals surface area contributed by atoms with Crippen molar-refractivity contribution in [3.8, 4) is 33.6 Å². The summed E-state index contributed by atoms with van der Waals surface area (Å²) < 4.78 is 6.16. The SMILES string of the molecule is c1ccc2cc(-c3c4ccccc4c(-c4ccc5cc(-c6cc7ccccc7o6)ccc5c4)c4ccccc34)ccc2c1. The molecule has 1 aromatic heterocycles. The fourth-order valence-corrected chi connectivity index (χ4v) is 6.77. The van der Waals surface area contributed by atoms with Gasteiger partial charge in [-0.1, -0.05) is 127 Å². The maximum absolute atomic E-state index is 6.16. The number of hydrogen-bond donors (Lipinski definition) is 0. The van der Waals surface area contributed by atoms with Gasteiger partial charge in [0.1, 0.15) is 11.3 Å². The number of fused-ring (bicyclic) bond motifs is 5. The molecule has 9 aromatic rings. The van der Waals surface area contributed by atoms with Crippen molar-refractivity contribution in [3.63, 3.8) is 0 Å². The average molecular weight is 547 g/mol. The van der Waals surface area contributed by atoms with E-state index >= 15 is 0 Å². The zero-order valence-electron chi connectivity index (χ0n) is 23.4. The summed E-state index contributed by atoms with van der Waals surface area (Å²) in [6.07, 6.45) is 0. The summed E-state index contributed by atoms with van der Waals surface area (Å²) >= 11 is 0. The Morgan fingerprint density at radius 2 is 0.721 bits per heavy atom. The highest BCUT2D eigenvalue weighted by Crippen LogP contribution is 2.44. The van der Waals surface area contributed by atoms with E-state index in [1.807, 2.05) is 18.2 Å². The van der Waals surface area contributed by atoms with Crippen LogP contribution in [0.1, 0.15) is 0 Å². The Hall–Kier alpha value is -5.66. The normalized spacial score (nSPS) is 11.7. The minimum atomic E-state index is 0.897. The molecule has 0 aliphatic carbocycles. The van der Waals surface area contributed by atoms with Crippen molar-refractivity contribution < 1.29 is 4.42 Å². The third kappa shape index (κ3) is 3.86. The van der Waals surface area contributed by atoms with Crippen LogP contribution in [0.2, 0.25) is 0 Å². The molecule has 0 N–H and O–H groups in total. The summed E-state index contributed by atoms with van der Waals surface area (Å²) in [7, 11) is 0. The van der Waals surface area contributed by atoms with Gasteiger partial charge in [0.15, 0.2) is 0 Å². The maximum Gasteiger partial charge on any atom is 0.135 e. The van der Waals surface area contributed by atoms with Crippen LogP contribution in [0.4, 0.5) is 0 Å². The van der Waals surface area contributed by atoms with E-state index in [0.717, 1.165) is 22.3 Å². The number of furan rings is 1. The van der Waals surface area contributed by atoms with Crippen LogP contribution in [0, 0.1) is 0 Å². The number of para-hydroxylation sites is 1. The predicted octanol–water partition coefficient (Wildman–Crippen LogP) is 12.0. The predicted molar refractivity (Wildman–Crippen MR) is 183 cm³/mol. The lowest BCUT2D eigenvalue weighted by molar-refractivity contribution is 0.631. The second-order valence-electron chi connectivity index (χ2n) is 11.3. The van der Waals surface area contributed by atoms with Crippen LogP contribution in [-0.4, -0.2) is 0 Å². The van der Waals surface area contributed by atoms with Gasteiger partial charge in [-0.05, 0) is 95.7 Å². The second kappa shape index (κ2) is 9.44. The Balaban J connectivity index is 1.25. The van der Waals surface area contributed by atoms with E-state index in [2.05, 4.69) is 140 Å². The Morgan fingerprint density at radius 3 is 1.30 bits per heavy atom. The lowest BCUT2D eigenvalue weighted by atomic mass is 9.85. The largest absolute Gasteiger partial charge is 0.456 e. The van der Waals surface area contributed by atoms with Crippen molar-refractivity contribution in [2.24, 2.45) is 0 Å². The molecule has 0 radical (unpaired) electrons. The van der Waals surface area contributed by atoms with Crippen LogP contribution in [0.5, 0.6) is 0 Å². The van der Waals surface area contributed by atoms with Crippen molar-refractivity contribution in [1.82, 2.24) is 0 Å². The Kier molecular flexibility index (Phi) is 5.27. The number of rotatable bonds is 3. The molecule has 1 nitrogen and oxygen atoms in total. The van der Waals surface area contributed by atoms with Gasteiger partial charge in [-0.3, -0.25) is 0 Å². The zero-order valence-corrected chi connectivity index (χ0v) is 23.4. The van der Waals surface area contributed by atoms with Gasteiger partial charge in [0, 0.05) is 10.9 Å². The molecule has 8 aromatic carbocycles. The summed E-state index contributed by atoms with van der Waals surface area (Å²) in [4.78, 5) is 0. The standard InChI is InChI=1S/C42H26O/c1-2-10-28-24-33(21-17-27(28)9-1)41-35-12-4-6-14-37(35)42(38-15-7-5-13-36(38)41)34-22-19-29-23-32(20-18-30(29)25-34)40-26-31-11-3-8-16-39(31)43-40/h1-26H. The van der Waals surface area contributed by atoms with Gasteiger partial charge in [-0.25, -0.2) is 0 Å². The molecule has 200 valence electrons. The van der Waals surface area contributed by atoms with E-state index in [1.54, 1.807) is 0 Å². The van der Waals surface area contributed by atoms with Crippen LogP contribution in [0.25, 0.3) is 87.6 Å². The molecule has 0 saturated heterocycles. The minimum Gasteiger partial charge on any atom is -0.456 e. The van der Waals surface area contributed by atoms with Crippen molar-refractivity contribution in [2.45, 2.75) is 0 Å². The van der Waals surface area contributed by atoms with E-state index in [-0.39, 0.29) is 0 Å². The first-order valence-corrected chi connectivity index (χ1v) is 14.8. The van der Waals surface area contributed by atoms with Crippen LogP contribution < -0.4 is 0 Å². The summed E-state index contributed by atoms with van der Waals surface area (Å²) in [5, 5.41) is 11.1. The van der Waals surface area contributed by atoms with Crippen LogP contribution >= 0.6 is 0 Å². The summed E-state index contributed by atoms with van der Waals surface area (Å²) in [5.74, 6) is 0.897. The van der Waals surface area contributed by atoms with Gasteiger partial charge < -0.3 is 4.42 Å². The summed E-state index contributed by atoms with van der Waals surface area (Å²) in [6, 6.07) is 56.9. The van der Waals surface area contributed by atoms with Crippen molar-refractivity contribution in [2.75, 3.05) is 0 Å². The molecular weight excluding hydrogens is 520 g/mol. The van der Waals surface area contributed by atoms with Crippen molar-refractivity contribution >= 4 is 54.1 Å². The zero-order chi connectivity index (χ0) is 28.3. The molecule has 0 saturated carbocycles. The molecule has 1 heterocycles. The number of hydrogen-bond acceptors (Lipinski definition) is 1. The highest BCUT2D eigenvalue weighted by atomic mass is 16.3. The average Bonchev–Trinajstić information content (AvgIpc) is 3.51. The van der Waals surface area contributed by atoms with Gasteiger partial charge in [0.25, 0.3) is 0 Å². The van der Waals surface area contributed by atoms with Crippen LogP contribution in [-0.2, 0) is 0 Å². The molecule has 9 rings (SSSR count). The first-order chi connectivity index (χ1) is 21.3. The molecular formula is C42H26O. The molecule has 0 bridgehead atoms.